The summed E-state index contributed by atoms with van der Waals surface area (Å²) in [5.74, 6) is -0.0522. The van der Waals surface area contributed by atoms with Crippen LogP contribution in [0.25, 0.3) is 0 Å². The van der Waals surface area contributed by atoms with Gasteiger partial charge in [0.15, 0.2) is 5.84 Å². The van der Waals surface area contributed by atoms with E-state index in [9.17, 15) is 4.79 Å². The fourth-order valence-electron chi connectivity index (χ4n) is 2.39. The summed E-state index contributed by atoms with van der Waals surface area (Å²) >= 11 is 0. The van der Waals surface area contributed by atoms with Crippen molar-refractivity contribution in [3.8, 4) is 0 Å². The zero-order valence-electron chi connectivity index (χ0n) is 11.7. The molecule has 1 saturated heterocycles. The number of oxime groups is 1. The van der Waals surface area contributed by atoms with Crippen LogP contribution in [0.4, 0.5) is 0 Å². The maximum Gasteiger partial charge on any atom is 0.254 e. The van der Waals surface area contributed by atoms with E-state index in [4.69, 9.17) is 15.7 Å². The minimum Gasteiger partial charge on any atom is -0.409 e. The van der Waals surface area contributed by atoms with E-state index in [0.717, 1.165) is 11.1 Å². The van der Waals surface area contributed by atoms with Gasteiger partial charge in [0.1, 0.15) is 6.10 Å². The number of amidine groups is 1. The first-order chi connectivity index (χ1) is 9.54. The largest absolute Gasteiger partial charge is 0.409 e. The number of hydrogen-bond acceptors (Lipinski definition) is 4. The maximum atomic E-state index is 12.6. The molecule has 1 fully saturated rings. The molecular weight excluding hydrogens is 258 g/mol. The number of morpholine rings is 1. The normalized spacial score (nSPS) is 20.0. The second kappa shape index (κ2) is 5.92. The van der Waals surface area contributed by atoms with Crippen molar-refractivity contribution in [2.75, 3.05) is 19.7 Å². The lowest BCUT2D eigenvalue weighted by atomic mass is 10.0. The van der Waals surface area contributed by atoms with Crippen LogP contribution >= 0.6 is 0 Å². The summed E-state index contributed by atoms with van der Waals surface area (Å²) in [6.45, 7) is 5.01. The second-order valence-corrected chi connectivity index (χ2v) is 4.90. The molecule has 108 valence electrons. The van der Waals surface area contributed by atoms with E-state index in [-0.39, 0.29) is 11.7 Å². The third-order valence-electron chi connectivity index (χ3n) is 3.49. The SMILES string of the molecule is Cc1cccc(C)c1C(=O)N1CCOC(/C(N)=N/O)C1. The number of aryl methyl sites for hydroxylation is 2. The number of carbonyl (C=O) groups excluding carboxylic acids is 1. The Morgan fingerprint density at radius 1 is 1.45 bits per heavy atom. The number of carbonyl (C=O) groups is 1. The number of benzene rings is 1. The fourth-order valence-corrected chi connectivity index (χ4v) is 2.39. The average molecular weight is 277 g/mol. The Morgan fingerprint density at radius 2 is 2.10 bits per heavy atom. The van der Waals surface area contributed by atoms with E-state index in [1.807, 2.05) is 32.0 Å². The van der Waals surface area contributed by atoms with Gasteiger partial charge in [-0.2, -0.15) is 0 Å². The van der Waals surface area contributed by atoms with Gasteiger partial charge in [0.2, 0.25) is 0 Å². The predicted octanol–water partition coefficient (Wildman–Crippen LogP) is 0.891. The van der Waals surface area contributed by atoms with Gasteiger partial charge in [-0.1, -0.05) is 23.4 Å². The molecule has 0 aromatic heterocycles. The zero-order valence-corrected chi connectivity index (χ0v) is 11.7. The molecule has 6 nitrogen and oxygen atoms in total. The van der Waals surface area contributed by atoms with Crippen molar-refractivity contribution in [1.82, 2.24) is 4.90 Å². The molecular formula is C14H19N3O3. The first-order valence-electron chi connectivity index (χ1n) is 6.49. The van der Waals surface area contributed by atoms with Gasteiger partial charge in [-0.15, -0.1) is 0 Å². The molecule has 1 unspecified atom stereocenters. The van der Waals surface area contributed by atoms with E-state index < -0.39 is 6.10 Å². The molecule has 0 bridgehead atoms. The monoisotopic (exact) mass is 277 g/mol. The van der Waals surface area contributed by atoms with Crippen LogP contribution in [-0.4, -0.2) is 47.7 Å². The molecule has 1 aliphatic heterocycles. The molecule has 0 saturated carbocycles. The third-order valence-corrected chi connectivity index (χ3v) is 3.49. The Hall–Kier alpha value is -2.08. The molecule has 3 N–H and O–H groups in total. The highest BCUT2D eigenvalue weighted by Crippen LogP contribution is 2.18. The maximum absolute atomic E-state index is 12.6. The Morgan fingerprint density at radius 3 is 2.70 bits per heavy atom. The highest BCUT2D eigenvalue weighted by Gasteiger charge is 2.28. The van der Waals surface area contributed by atoms with Gasteiger partial charge in [-0.05, 0) is 25.0 Å². The zero-order chi connectivity index (χ0) is 14.7. The van der Waals surface area contributed by atoms with Crippen molar-refractivity contribution in [2.45, 2.75) is 20.0 Å². The van der Waals surface area contributed by atoms with Gasteiger partial charge in [-0.3, -0.25) is 4.79 Å². The molecule has 20 heavy (non-hydrogen) atoms. The summed E-state index contributed by atoms with van der Waals surface area (Å²) in [4.78, 5) is 14.3. The van der Waals surface area contributed by atoms with Gasteiger partial charge >= 0.3 is 0 Å². The van der Waals surface area contributed by atoms with E-state index in [1.165, 1.54) is 0 Å². The number of amides is 1. The van der Waals surface area contributed by atoms with Crippen molar-refractivity contribution in [3.05, 3.63) is 34.9 Å². The first-order valence-corrected chi connectivity index (χ1v) is 6.49. The summed E-state index contributed by atoms with van der Waals surface area (Å²) in [5, 5.41) is 11.6. The molecule has 1 aromatic carbocycles. The smallest absolute Gasteiger partial charge is 0.254 e. The van der Waals surface area contributed by atoms with E-state index >= 15 is 0 Å². The van der Waals surface area contributed by atoms with Gasteiger partial charge in [0.25, 0.3) is 5.91 Å². The van der Waals surface area contributed by atoms with E-state index in [0.29, 0.717) is 25.3 Å². The molecule has 6 heteroatoms. The molecule has 2 rings (SSSR count). The number of hydrogen-bond donors (Lipinski definition) is 2. The standard InChI is InChI=1S/C14H19N3O3/c1-9-4-3-5-10(2)12(9)14(18)17-6-7-20-11(8-17)13(15)16-19/h3-5,11,19H,6-8H2,1-2H3,(H2,15,16). The van der Waals surface area contributed by atoms with Crippen LogP contribution < -0.4 is 5.73 Å². The number of nitrogens with two attached hydrogens (primary N) is 1. The van der Waals surface area contributed by atoms with Crippen molar-refractivity contribution in [1.29, 1.82) is 0 Å². The second-order valence-electron chi connectivity index (χ2n) is 4.90. The van der Waals surface area contributed by atoms with Crippen molar-refractivity contribution < 1.29 is 14.7 Å². The minimum atomic E-state index is -0.554. The molecule has 1 aromatic rings. The lowest BCUT2D eigenvalue weighted by Crippen LogP contribution is -2.50. The van der Waals surface area contributed by atoms with Gasteiger partial charge in [0, 0.05) is 12.1 Å². The number of rotatable bonds is 2. The van der Waals surface area contributed by atoms with Gasteiger partial charge < -0.3 is 20.6 Å². The third kappa shape index (κ3) is 2.75. The van der Waals surface area contributed by atoms with Crippen LogP contribution in [0, 0.1) is 13.8 Å². The Balaban J connectivity index is 2.21. The molecule has 0 radical (unpaired) electrons. The molecule has 1 aliphatic rings. The summed E-state index contributed by atoms with van der Waals surface area (Å²) in [7, 11) is 0. The topological polar surface area (TPSA) is 88.2 Å². The fraction of sp³-hybridized carbons (Fsp3) is 0.429. The Bertz CT molecular complexity index is 522. The van der Waals surface area contributed by atoms with Crippen LogP contribution in [0.3, 0.4) is 0 Å². The van der Waals surface area contributed by atoms with Crippen LogP contribution in [0.1, 0.15) is 21.5 Å². The number of ether oxygens (including phenoxy) is 1. The number of nitrogens with zero attached hydrogens (tertiary/aromatic N) is 2. The highest BCUT2D eigenvalue weighted by atomic mass is 16.5. The lowest BCUT2D eigenvalue weighted by Gasteiger charge is -2.32. The minimum absolute atomic E-state index is 0.0102. The highest BCUT2D eigenvalue weighted by molar-refractivity contribution is 5.97. The first kappa shape index (κ1) is 14.3. The lowest BCUT2D eigenvalue weighted by molar-refractivity contribution is 0.00668. The van der Waals surface area contributed by atoms with Gasteiger partial charge in [-0.25, -0.2) is 0 Å². The van der Waals surface area contributed by atoms with Gasteiger partial charge in [0.05, 0.1) is 13.2 Å². The molecule has 1 atom stereocenters. The average Bonchev–Trinajstić information content (AvgIpc) is 2.46. The molecule has 0 spiro atoms. The summed E-state index contributed by atoms with van der Waals surface area (Å²) in [6.07, 6.45) is -0.554. The summed E-state index contributed by atoms with van der Waals surface area (Å²) in [6, 6.07) is 5.77. The van der Waals surface area contributed by atoms with E-state index in [2.05, 4.69) is 5.16 Å². The predicted molar refractivity (Wildman–Crippen MR) is 75.0 cm³/mol. The van der Waals surface area contributed by atoms with Crippen molar-refractivity contribution in [2.24, 2.45) is 10.9 Å². The van der Waals surface area contributed by atoms with Crippen LogP contribution in [0.5, 0.6) is 0 Å². The Labute approximate surface area is 117 Å². The van der Waals surface area contributed by atoms with Crippen LogP contribution in [0.2, 0.25) is 0 Å². The van der Waals surface area contributed by atoms with Crippen molar-refractivity contribution in [3.63, 3.8) is 0 Å². The van der Waals surface area contributed by atoms with Crippen LogP contribution in [0.15, 0.2) is 23.4 Å². The Kier molecular flexibility index (Phi) is 4.24. The molecule has 1 heterocycles. The summed E-state index contributed by atoms with van der Waals surface area (Å²) < 4.78 is 5.40. The molecule has 1 amide bonds. The van der Waals surface area contributed by atoms with Crippen LogP contribution in [-0.2, 0) is 4.74 Å². The summed E-state index contributed by atoms with van der Waals surface area (Å²) in [5.41, 5.74) is 8.15. The quantitative estimate of drug-likeness (QED) is 0.364. The van der Waals surface area contributed by atoms with Crippen molar-refractivity contribution >= 4 is 11.7 Å². The molecule has 0 aliphatic carbocycles. The van der Waals surface area contributed by atoms with E-state index in [1.54, 1.807) is 4.90 Å².